The summed E-state index contributed by atoms with van der Waals surface area (Å²) >= 11 is 5.14. The molecule has 18 heavy (non-hydrogen) atoms. The van der Waals surface area contributed by atoms with E-state index in [4.69, 9.17) is 16.3 Å². The lowest BCUT2D eigenvalue weighted by atomic mass is 10.3. The fourth-order valence-corrected chi connectivity index (χ4v) is 0.865. The molecule has 0 radical (unpaired) electrons. The number of benzene rings is 1. The van der Waals surface area contributed by atoms with Crippen LogP contribution in [0.4, 0.5) is 4.79 Å². The summed E-state index contributed by atoms with van der Waals surface area (Å²) in [6, 6.07) is 8.42. The van der Waals surface area contributed by atoms with E-state index in [1.54, 1.807) is 24.3 Å². The number of ether oxygens (including phenoxy) is 3. The van der Waals surface area contributed by atoms with Gasteiger partial charge in [-0.25, -0.2) is 4.79 Å². The molecule has 0 saturated carbocycles. The van der Waals surface area contributed by atoms with E-state index in [2.05, 4.69) is 16.1 Å². The van der Waals surface area contributed by atoms with Gasteiger partial charge in [0.1, 0.15) is 5.75 Å². The molecule has 0 aliphatic rings. The number of carbonyl (C=O) groups excluding carboxylic acids is 2. The SMILES string of the molecule is C=COC(C)=O.O=C(OCCl)Oc1ccccc1. The monoisotopic (exact) mass is 272 g/mol. The zero-order valence-electron chi connectivity index (χ0n) is 9.80. The highest BCUT2D eigenvalue weighted by molar-refractivity contribution is 6.17. The second-order valence-electron chi connectivity index (χ2n) is 2.69. The van der Waals surface area contributed by atoms with Crippen LogP contribution in [0.2, 0.25) is 0 Å². The molecule has 0 atom stereocenters. The Bertz CT molecular complexity index is 377. The van der Waals surface area contributed by atoms with Gasteiger partial charge in [-0.05, 0) is 12.1 Å². The van der Waals surface area contributed by atoms with Crippen LogP contribution >= 0.6 is 11.6 Å². The van der Waals surface area contributed by atoms with Crippen molar-refractivity contribution in [1.82, 2.24) is 0 Å². The molecule has 0 aliphatic heterocycles. The van der Waals surface area contributed by atoms with Crippen LogP contribution in [-0.4, -0.2) is 18.2 Å². The highest BCUT2D eigenvalue weighted by atomic mass is 35.5. The third-order valence-corrected chi connectivity index (χ3v) is 1.48. The van der Waals surface area contributed by atoms with Gasteiger partial charge in [-0.1, -0.05) is 36.4 Å². The molecule has 0 amide bonds. The number of esters is 1. The van der Waals surface area contributed by atoms with Gasteiger partial charge in [-0.2, -0.15) is 0 Å². The van der Waals surface area contributed by atoms with Crippen molar-refractivity contribution < 1.29 is 23.8 Å². The Morgan fingerprint density at radius 2 is 1.94 bits per heavy atom. The second-order valence-corrected chi connectivity index (χ2v) is 2.91. The molecular formula is C12H13ClO5. The fourth-order valence-electron chi connectivity index (χ4n) is 0.776. The molecule has 5 nitrogen and oxygen atoms in total. The van der Waals surface area contributed by atoms with Gasteiger partial charge in [0.2, 0.25) is 0 Å². The lowest BCUT2D eigenvalue weighted by Crippen LogP contribution is -2.08. The van der Waals surface area contributed by atoms with Crippen molar-refractivity contribution in [2.45, 2.75) is 6.92 Å². The number of para-hydroxylation sites is 1. The summed E-state index contributed by atoms with van der Waals surface area (Å²) in [4.78, 5) is 20.4. The van der Waals surface area contributed by atoms with Gasteiger partial charge in [-0.3, -0.25) is 4.79 Å². The summed E-state index contributed by atoms with van der Waals surface area (Å²) in [5.41, 5.74) is 0. The standard InChI is InChI=1S/C8H7ClO3.C4H6O2/c9-6-11-8(10)12-7-4-2-1-3-5-7;1-3-6-4(2)5/h1-5H,6H2;3H,1H2,2H3. The Kier molecular flexibility index (Phi) is 9.03. The average Bonchev–Trinajstić information content (AvgIpc) is 2.31. The molecule has 0 heterocycles. The van der Waals surface area contributed by atoms with Gasteiger partial charge in [0.25, 0.3) is 0 Å². The van der Waals surface area contributed by atoms with Crippen LogP contribution in [0.1, 0.15) is 6.92 Å². The summed E-state index contributed by atoms with van der Waals surface area (Å²) in [6.45, 7) is 4.48. The number of rotatable bonds is 3. The normalized spacial score (nSPS) is 8.33. The minimum absolute atomic E-state index is 0.203. The summed E-state index contributed by atoms with van der Waals surface area (Å²) in [6.07, 6.45) is 0.304. The first-order valence-corrected chi connectivity index (χ1v) is 5.37. The van der Waals surface area contributed by atoms with Gasteiger partial charge < -0.3 is 14.2 Å². The van der Waals surface area contributed by atoms with Gasteiger partial charge in [0.15, 0.2) is 6.07 Å². The number of carbonyl (C=O) groups is 2. The first-order valence-electron chi connectivity index (χ1n) is 4.84. The Balaban J connectivity index is 0.000000411. The lowest BCUT2D eigenvalue weighted by molar-refractivity contribution is -0.135. The van der Waals surface area contributed by atoms with Gasteiger partial charge >= 0.3 is 12.1 Å². The van der Waals surface area contributed by atoms with Crippen molar-refractivity contribution in [2.75, 3.05) is 6.07 Å². The number of hydrogen-bond acceptors (Lipinski definition) is 5. The minimum Gasteiger partial charge on any atom is -0.435 e. The molecule has 1 aromatic rings. The van der Waals surface area contributed by atoms with E-state index in [9.17, 15) is 9.59 Å². The zero-order valence-corrected chi connectivity index (χ0v) is 10.6. The summed E-state index contributed by atoms with van der Waals surface area (Å²) in [7, 11) is 0. The first-order chi connectivity index (χ1) is 8.60. The minimum atomic E-state index is -0.795. The number of alkyl halides is 1. The zero-order chi connectivity index (χ0) is 13.8. The Labute approximate surface area is 110 Å². The van der Waals surface area contributed by atoms with Crippen LogP contribution in [0.15, 0.2) is 43.2 Å². The van der Waals surface area contributed by atoms with Crippen LogP contribution in [0.25, 0.3) is 0 Å². The van der Waals surface area contributed by atoms with Gasteiger partial charge in [0, 0.05) is 6.92 Å². The predicted octanol–water partition coefficient (Wildman–Crippen LogP) is 3.09. The summed E-state index contributed by atoms with van der Waals surface area (Å²) in [5.74, 6) is 0.109. The highest BCUT2D eigenvalue weighted by Crippen LogP contribution is 2.08. The van der Waals surface area contributed by atoms with Crippen LogP contribution in [0.5, 0.6) is 5.75 Å². The van der Waals surface area contributed by atoms with Crippen molar-refractivity contribution >= 4 is 23.7 Å². The fraction of sp³-hybridized carbons (Fsp3) is 0.167. The van der Waals surface area contributed by atoms with Crippen LogP contribution in [0.3, 0.4) is 0 Å². The smallest absolute Gasteiger partial charge is 0.435 e. The average molecular weight is 273 g/mol. The van der Waals surface area contributed by atoms with E-state index in [0.717, 1.165) is 6.26 Å². The van der Waals surface area contributed by atoms with Crippen LogP contribution in [-0.2, 0) is 14.3 Å². The van der Waals surface area contributed by atoms with E-state index in [-0.39, 0.29) is 12.0 Å². The van der Waals surface area contributed by atoms with E-state index in [1.807, 2.05) is 6.07 Å². The molecule has 1 rings (SSSR count). The molecule has 6 heteroatoms. The van der Waals surface area contributed by atoms with Crippen molar-refractivity contribution in [2.24, 2.45) is 0 Å². The Morgan fingerprint density at radius 3 is 2.33 bits per heavy atom. The van der Waals surface area contributed by atoms with Crippen molar-refractivity contribution in [3.05, 3.63) is 43.2 Å². The van der Waals surface area contributed by atoms with Crippen molar-refractivity contribution in [3.63, 3.8) is 0 Å². The quantitative estimate of drug-likeness (QED) is 0.366. The van der Waals surface area contributed by atoms with E-state index in [1.165, 1.54) is 6.92 Å². The third-order valence-electron chi connectivity index (χ3n) is 1.37. The summed E-state index contributed by atoms with van der Waals surface area (Å²) < 4.78 is 13.2. The van der Waals surface area contributed by atoms with E-state index >= 15 is 0 Å². The van der Waals surface area contributed by atoms with E-state index < -0.39 is 6.16 Å². The lowest BCUT2D eigenvalue weighted by Gasteiger charge is -2.01. The Hall–Kier alpha value is -2.01. The maximum atomic E-state index is 10.7. The number of hydrogen-bond donors (Lipinski definition) is 0. The second kappa shape index (κ2) is 10.2. The first kappa shape index (κ1) is 16.0. The van der Waals surface area contributed by atoms with Crippen molar-refractivity contribution in [1.29, 1.82) is 0 Å². The molecule has 98 valence electrons. The predicted molar refractivity (Wildman–Crippen MR) is 66.2 cm³/mol. The summed E-state index contributed by atoms with van der Waals surface area (Å²) in [5, 5.41) is 0. The molecule has 0 fully saturated rings. The topological polar surface area (TPSA) is 61.8 Å². The highest BCUT2D eigenvalue weighted by Gasteiger charge is 2.02. The molecule has 0 bridgehead atoms. The maximum Gasteiger partial charge on any atom is 0.515 e. The van der Waals surface area contributed by atoms with Crippen LogP contribution < -0.4 is 4.74 Å². The number of halogens is 1. The largest absolute Gasteiger partial charge is 0.515 e. The third kappa shape index (κ3) is 9.23. The van der Waals surface area contributed by atoms with Gasteiger partial charge in [-0.15, -0.1) is 0 Å². The van der Waals surface area contributed by atoms with Crippen molar-refractivity contribution in [3.8, 4) is 5.75 Å². The molecular weight excluding hydrogens is 260 g/mol. The Morgan fingerprint density at radius 1 is 1.33 bits per heavy atom. The molecule has 0 N–H and O–H groups in total. The molecule has 0 unspecified atom stereocenters. The maximum absolute atomic E-state index is 10.7. The molecule has 0 aliphatic carbocycles. The van der Waals surface area contributed by atoms with E-state index in [0.29, 0.717) is 5.75 Å². The molecule has 1 aromatic carbocycles. The molecule has 0 saturated heterocycles. The van der Waals surface area contributed by atoms with Gasteiger partial charge in [0.05, 0.1) is 6.26 Å². The molecule has 0 spiro atoms. The molecule has 0 aromatic heterocycles. The van der Waals surface area contributed by atoms with Crippen LogP contribution in [0, 0.1) is 0 Å².